The van der Waals surface area contributed by atoms with E-state index < -0.39 is 5.54 Å². The maximum atomic E-state index is 6.53. The van der Waals surface area contributed by atoms with Crippen molar-refractivity contribution in [3.63, 3.8) is 0 Å². The van der Waals surface area contributed by atoms with Gasteiger partial charge in [0.15, 0.2) is 5.84 Å². The lowest BCUT2D eigenvalue weighted by Gasteiger charge is -2.25. The highest BCUT2D eigenvalue weighted by Gasteiger charge is 2.38. The monoisotopic (exact) mass is 398 g/mol. The molecule has 0 bridgehead atoms. The zero-order valence-electron chi connectivity index (χ0n) is 13.5. The van der Waals surface area contributed by atoms with Gasteiger partial charge in [0.25, 0.3) is 0 Å². The van der Waals surface area contributed by atoms with Crippen molar-refractivity contribution < 1.29 is 0 Å². The average Bonchev–Trinajstić information content (AvgIpc) is 3.09. The first-order chi connectivity index (χ1) is 12.6. The van der Waals surface area contributed by atoms with Crippen molar-refractivity contribution in [2.24, 2.45) is 9.98 Å². The van der Waals surface area contributed by atoms with Crippen LogP contribution in [-0.4, -0.2) is 12.1 Å². The molecule has 0 spiro atoms. The average molecular weight is 400 g/mol. The largest absolute Gasteiger partial charge is 0.244 e. The summed E-state index contributed by atoms with van der Waals surface area (Å²) in [6.45, 7) is 0. The van der Waals surface area contributed by atoms with Gasteiger partial charge in [0.2, 0.25) is 0 Å². The van der Waals surface area contributed by atoms with Crippen LogP contribution in [0.1, 0.15) is 16.7 Å². The second kappa shape index (κ2) is 6.88. The summed E-state index contributed by atoms with van der Waals surface area (Å²) in [7, 11) is 0. The van der Waals surface area contributed by atoms with Gasteiger partial charge in [0, 0.05) is 32.4 Å². The molecule has 128 valence electrons. The van der Waals surface area contributed by atoms with Crippen molar-refractivity contribution in [3.8, 4) is 0 Å². The van der Waals surface area contributed by atoms with E-state index in [4.69, 9.17) is 39.8 Å². The molecule has 0 radical (unpaired) electrons. The fraction of sp³-hybridized carbons (Fsp3) is 0.0476. The molecule has 1 heterocycles. The molecule has 5 heteroatoms. The summed E-state index contributed by atoms with van der Waals surface area (Å²) in [6.07, 6.45) is 1.83. The lowest BCUT2D eigenvalue weighted by molar-refractivity contribution is 0.763. The van der Waals surface area contributed by atoms with Gasteiger partial charge in [0.05, 0.1) is 0 Å². The second-order valence-electron chi connectivity index (χ2n) is 5.96. The number of aliphatic imine (C=N–C) groups is 2. The molecule has 1 unspecified atom stereocenters. The van der Waals surface area contributed by atoms with E-state index in [1.807, 2.05) is 72.9 Å². The van der Waals surface area contributed by atoms with Crippen LogP contribution >= 0.6 is 34.8 Å². The van der Waals surface area contributed by atoms with Crippen molar-refractivity contribution in [3.05, 3.63) is 105 Å². The third kappa shape index (κ3) is 3.05. The Balaban J connectivity index is 1.93. The predicted molar refractivity (Wildman–Crippen MR) is 110 cm³/mol. The Hall–Kier alpha value is -2.13. The molecule has 0 saturated carbocycles. The summed E-state index contributed by atoms with van der Waals surface area (Å²) in [5.41, 5.74) is 1.88. The van der Waals surface area contributed by atoms with Crippen molar-refractivity contribution in [2.45, 2.75) is 5.54 Å². The number of amidine groups is 1. The SMILES string of the molecule is Clc1ccc(C2(c3ccc(Cl)cc3Cl)C=NC(c3ccccc3)=N2)cc1. The van der Waals surface area contributed by atoms with E-state index in [-0.39, 0.29) is 0 Å². The number of hydrogen-bond donors (Lipinski definition) is 0. The van der Waals surface area contributed by atoms with Crippen LogP contribution in [0.3, 0.4) is 0 Å². The number of nitrogens with zero attached hydrogens (tertiary/aromatic N) is 2. The Morgan fingerprint density at radius 1 is 0.731 bits per heavy atom. The van der Waals surface area contributed by atoms with Crippen LogP contribution in [0.2, 0.25) is 15.1 Å². The molecule has 0 aliphatic carbocycles. The Morgan fingerprint density at radius 2 is 1.42 bits per heavy atom. The lowest BCUT2D eigenvalue weighted by Crippen LogP contribution is -2.26. The smallest absolute Gasteiger partial charge is 0.155 e. The standard InChI is InChI=1S/C21H13Cl3N2/c22-16-8-6-15(7-9-16)21(18-11-10-17(23)12-19(18)24)13-25-20(26-21)14-4-2-1-3-5-14/h1-13H. The molecule has 2 nitrogen and oxygen atoms in total. The van der Waals surface area contributed by atoms with Crippen LogP contribution < -0.4 is 0 Å². The number of rotatable bonds is 3. The van der Waals surface area contributed by atoms with Gasteiger partial charge in [-0.15, -0.1) is 0 Å². The molecule has 3 aromatic rings. The first kappa shape index (κ1) is 17.3. The fourth-order valence-corrected chi connectivity index (χ4v) is 3.71. The zero-order valence-corrected chi connectivity index (χ0v) is 15.8. The number of hydrogen-bond acceptors (Lipinski definition) is 2. The van der Waals surface area contributed by atoms with E-state index in [1.165, 1.54) is 0 Å². The molecular weight excluding hydrogens is 387 g/mol. The van der Waals surface area contributed by atoms with E-state index in [0.29, 0.717) is 20.9 Å². The number of halogens is 3. The van der Waals surface area contributed by atoms with Crippen LogP contribution in [0.5, 0.6) is 0 Å². The number of benzene rings is 3. The van der Waals surface area contributed by atoms with Gasteiger partial charge in [0.1, 0.15) is 5.54 Å². The molecule has 1 atom stereocenters. The van der Waals surface area contributed by atoms with Gasteiger partial charge in [-0.2, -0.15) is 0 Å². The second-order valence-corrected chi connectivity index (χ2v) is 7.24. The third-order valence-electron chi connectivity index (χ3n) is 4.31. The van der Waals surface area contributed by atoms with E-state index in [1.54, 1.807) is 6.07 Å². The van der Waals surface area contributed by atoms with Crippen molar-refractivity contribution in [2.75, 3.05) is 0 Å². The summed E-state index contributed by atoms with van der Waals surface area (Å²) in [6, 6.07) is 22.8. The molecule has 0 N–H and O–H groups in total. The lowest BCUT2D eigenvalue weighted by atomic mass is 9.84. The van der Waals surface area contributed by atoms with E-state index >= 15 is 0 Å². The first-order valence-corrected chi connectivity index (χ1v) is 9.14. The molecule has 1 aliphatic heterocycles. The Bertz CT molecular complexity index is 1010. The molecule has 0 aromatic heterocycles. The van der Waals surface area contributed by atoms with E-state index in [0.717, 1.165) is 16.7 Å². The molecule has 1 aliphatic rings. The molecule has 3 aromatic carbocycles. The van der Waals surface area contributed by atoms with E-state index in [2.05, 4.69) is 4.99 Å². The van der Waals surface area contributed by atoms with Crippen molar-refractivity contribution in [1.29, 1.82) is 0 Å². The molecule has 26 heavy (non-hydrogen) atoms. The summed E-state index contributed by atoms with van der Waals surface area (Å²) in [5, 5.41) is 1.78. The van der Waals surface area contributed by atoms with Crippen LogP contribution in [0, 0.1) is 0 Å². The van der Waals surface area contributed by atoms with Crippen LogP contribution in [-0.2, 0) is 5.54 Å². The van der Waals surface area contributed by atoms with Gasteiger partial charge in [-0.3, -0.25) is 0 Å². The Labute approximate surface area is 166 Å². The summed E-state index contributed by atoms with van der Waals surface area (Å²) in [5.74, 6) is 0.659. The predicted octanol–water partition coefficient (Wildman–Crippen LogP) is 6.42. The highest BCUT2D eigenvalue weighted by Crippen LogP contribution is 2.40. The normalized spacial score (nSPS) is 18.8. The summed E-state index contributed by atoms with van der Waals surface area (Å²) in [4.78, 5) is 9.57. The van der Waals surface area contributed by atoms with Crippen LogP contribution in [0.4, 0.5) is 0 Å². The van der Waals surface area contributed by atoms with Crippen molar-refractivity contribution >= 4 is 46.9 Å². The van der Waals surface area contributed by atoms with Crippen LogP contribution in [0.15, 0.2) is 82.8 Å². The molecule has 0 saturated heterocycles. The minimum atomic E-state index is -0.822. The topological polar surface area (TPSA) is 24.7 Å². The Morgan fingerprint density at radius 3 is 2.12 bits per heavy atom. The quantitative estimate of drug-likeness (QED) is 0.485. The van der Waals surface area contributed by atoms with Gasteiger partial charge >= 0.3 is 0 Å². The molecule has 0 fully saturated rings. The van der Waals surface area contributed by atoms with Gasteiger partial charge in [-0.25, -0.2) is 9.98 Å². The zero-order chi connectivity index (χ0) is 18.1. The molecule has 4 rings (SSSR count). The maximum absolute atomic E-state index is 6.53. The first-order valence-electron chi connectivity index (χ1n) is 8.00. The van der Waals surface area contributed by atoms with Gasteiger partial charge in [-0.1, -0.05) is 83.3 Å². The van der Waals surface area contributed by atoms with Gasteiger partial charge < -0.3 is 0 Å². The minimum absolute atomic E-state index is 0.539. The fourth-order valence-electron chi connectivity index (χ4n) is 3.03. The Kier molecular flexibility index (Phi) is 4.58. The maximum Gasteiger partial charge on any atom is 0.155 e. The minimum Gasteiger partial charge on any atom is -0.244 e. The third-order valence-corrected chi connectivity index (χ3v) is 5.11. The summed E-state index contributed by atoms with van der Waals surface area (Å²) >= 11 is 18.7. The molecular formula is C21H13Cl3N2. The molecule has 0 amide bonds. The summed E-state index contributed by atoms with van der Waals surface area (Å²) < 4.78 is 0. The van der Waals surface area contributed by atoms with Crippen LogP contribution in [0.25, 0.3) is 0 Å². The van der Waals surface area contributed by atoms with Gasteiger partial charge in [-0.05, 0) is 29.8 Å². The van der Waals surface area contributed by atoms with Crippen molar-refractivity contribution in [1.82, 2.24) is 0 Å². The van der Waals surface area contributed by atoms with E-state index in [9.17, 15) is 0 Å². The highest BCUT2D eigenvalue weighted by atomic mass is 35.5. The highest BCUT2D eigenvalue weighted by molar-refractivity contribution is 6.35.